The Labute approximate surface area is 190 Å². The van der Waals surface area contributed by atoms with Gasteiger partial charge in [0.25, 0.3) is 0 Å². The van der Waals surface area contributed by atoms with Crippen molar-refractivity contribution in [1.29, 1.82) is 0 Å². The van der Waals surface area contributed by atoms with Crippen molar-refractivity contribution in [3.63, 3.8) is 0 Å². The Morgan fingerprint density at radius 2 is 1.87 bits per heavy atom. The maximum Gasteiger partial charge on any atom is 0.232 e. The number of nitrogens with one attached hydrogen (secondary N) is 1. The Hall–Kier alpha value is -2.25. The van der Waals surface area contributed by atoms with Gasteiger partial charge in [0.15, 0.2) is 0 Å². The molecule has 31 heavy (non-hydrogen) atoms. The Morgan fingerprint density at radius 1 is 1.16 bits per heavy atom. The lowest BCUT2D eigenvalue weighted by molar-refractivity contribution is -0.121. The van der Waals surface area contributed by atoms with E-state index in [2.05, 4.69) is 5.32 Å². The van der Waals surface area contributed by atoms with Crippen LogP contribution in [0.15, 0.2) is 36.4 Å². The van der Waals surface area contributed by atoms with Crippen molar-refractivity contribution in [1.82, 2.24) is 5.32 Å². The Kier molecular flexibility index (Phi) is 8.77. The number of halogens is 1. The van der Waals surface area contributed by atoms with Crippen LogP contribution < -0.4 is 14.4 Å². The van der Waals surface area contributed by atoms with Crippen molar-refractivity contribution < 1.29 is 17.9 Å². The average molecular weight is 467 g/mol. The molecule has 170 valence electrons. The Bertz CT molecular complexity index is 1020. The van der Waals surface area contributed by atoms with E-state index in [0.717, 1.165) is 35.1 Å². The van der Waals surface area contributed by atoms with Gasteiger partial charge in [-0.2, -0.15) is 0 Å². The topological polar surface area (TPSA) is 75.7 Å². The summed E-state index contributed by atoms with van der Waals surface area (Å²) in [6.45, 7) is 6.01. The number of methoxy groups -OCH3 is 1. The summed E-state index contributed by atoms with van der Waals surface area (Å²) in [5.74, 6) is 0.693. The quantitative estimate of drug-likeness (QED) is 0.546. The molecule has 0 bridgehead atoms. The number of rotatable bonds is 10. The number of hydrogen-bond acceptors (Lipinski definition) is 4. The Morgan fingerprint density at radius 3 is 2.45 bits per heavy atom. The molecule has 8 heteroatoms. The summed E-state index contributed by atoms with van der Waals surface area (Å²) in [6.07, 6.45) is 2.52. The van der Waals surface area contributed by atoms with Crippen LogP contribution in [-0.4, -0.2) is 34.2 Å². The second-order valence-corrected chi connectivity index (χ2v) is 9.97. The lowest BCUT2D eigenvalue weighted by Gasteiger charge is -2.24. The smallest absolute Gasteiger partial charge is 0.232 e. The molecule has 0 saturated heterocycles. The third-order valence-corrected chi connectivity index (χ3v) is 6.59. The lowest BCUT2D eigenvalue weighted by Crippen LogP contribution is -2.33. The summed E-state index contributed by atoms with van der Waals surface area (Å²) in [5, 5.41) is 3.52. The third-order valence-electron chi connectivity index (χ3n) is 5.17. The zero-order valence-corrected chi connectivity index (χ0v) is 20.3. The van der Waals surface area contributed by atoms with Crippen LogP contribution in [0, 0.1) is 13.8 Å². The van der Waals surface area contributed by atoms with Crippen molar-refractivity contribution in [2.45, 2.75) is 46.1 Å². The Balaban J connectivity index is 2.03. The van der Waals surface area contributed by atoms with Gasteiger partial charge in [0.2, 0.25) is 15.9 Å². The third kappa shape index (κ3) is 6.87. The van der Waals surface area contributed by atoms with Gasteiger partial charge in [-0.25, -0.2) is 8.42 Å². The number of carbonyl (C=O) groups excluding carboxylic acids is 1. The molecule has 0 spiro atoms. The molecule has 0 aliphatic rings. The summed E-state index contributed by atoms with van der Waals surface area (Å²) < 4.78 is 31.3. The summed E-state index contributed by atoms with van der Waals surface area (Å²) in [7, 11) is -1.88. The van der Waals surface area contributed by atoms with E-state index in [1.165, 1.54) is 4.31 Å². The van der Waals surface area contributed by atoms with Gasteiger partial charge < -0.3 is 10.1 Å². The molecular formula is C23H31ClN2O4S. The van der Waals surface area contributed by atoms with Gasteiger partial charge in [0.05, 0.1) is 25.1 Å². The standard InChI is InChI=1S/C23H31ClN2O4S/c1-6-20(18-10-12-22(30-4)17(3)14-18)25-23(27)8-7-13-26(31(5,28)29)21-15-19(24)11-9-16(21)2/h9-12,14-15,20H,6-8,13H2,1-5H3,(H,25,27)/t20-/m1/s1. The summed E-state index contributed by atoms with van der Waals surface area (Å²) in [4.78, 5) is 12.6. The number of nitrogens with zero attached hydrogens (tertiary/aromatic N) is 1. The molecule has 2 aromatic carbocycles. The minimum atomic E-state index is -3.51. The van der Waals surface area contributed by atoms with Crippen molar-refractivity contribution >= 4 is 33.2 Å². The van der Waals surface area contributed by atoms with Gasteiger partial charge in [-0.15, -0.1) is 0 Å². The van der Waals surface area contributed by atoms with E-state index in [1.54, 1.807) is 25.3 Å². The van der Waals surface area contributed by atoms with Crippen LogP contribution in [0.5, 0.6) is 5.75 Å². The first kappa shape index (κ1) is 25.0. The normalized spacial score (nSPS) is 12.3. The molecule has 0 heterocycles. The summed E-state index contributed by atoms with van der Waals surface area (Å²) in [5.41, 5.74) is 3.37. The fourth-order valence-electron chi connectivity index (χ4n) is 3.51. The molecule has 1 atom stereocenters. The van der Waals surface area contributed by atoms with E-state index < -0.39 is 10.0 Å². The van der Waals surface area contributed by atoms with E-state index in [4.69, 9.17) is 16.3 Å². The molecule has 0 aromatic heterocycles. The summed E-state index contributed by atoms with van der Waals surface area (Å²) in [6, 6.07) is 10.9. The molecule has 0 aliphatic carbocycles. The molecule has 1 amide bonds. The minimum absolute atomic E-state index is 0.113. The van der Waals surface area contributed by atoms with Gasteiger partial charge in [-0.05, 0) is 61.6 Å². The van der Waals surface area contributed by atoms with E-state index >= 15 is 0 Å². The monoisotopic (exact) mass is 466 g/mol. The molecule has 2 rings (SSSR count). The fraction of sp³-hybridized carbons (Fsp3) is 0.435. The highest BCUT2D eigenvalue weighted by atomic mass is 35.5. The molecule has 0 saturated carbocycles. The first-order valence-electron chi connectivity index (χ1n) is 10.2. The number of ether oxygens (including phenoxy) is 1. The number of carbonyl (C=O) groups is 1. The maximum atomic E-state index is 12.6. The van der Waals surface area contributed by atoms with Gasteiger partial charge in [0.1, 0.15) is 5.75 Å². The zero-order valence-electron chi connectivity index (χ0n) is 18.7. The highest BCUT2D eigenvalue weighted by molar-refractivity contribution is 7.92. The predicted molar refractivity (Wildman–Crippen MR) is 127 cm³/mol. The van der Waals surface area contributed by atoms with Crippen LogP contribution in [0.25, 0.3) is 0 Å². The van der Waals surface area contributed by atoms with Crippen LogP contribution in [-0.2, 0) is 14.8 Å². The van der Waals surface area contributed by atoms with Gasteiger partial charge >= 0.3 is 0 Å². The molecular weight excluding hydrogens is 436 g/mol. The largest absolute Gasteiger partial charge is 0.496 e. The second-order valence-electron chi connectivity index (χ2n) is 7.63. The SMILES string of the molecule is CC[C@@H](NC(=O)CCCN(c1cc(Cl)ccc1C)S(C)(=O)=O)c1ccc(OC)c(C)c1. The highest BCUT2D eigenvalue weighted by Crippen LogP contribution is 2.27. The fourth-order valence-corrected chi connectivity index (χ4v) is 4.69. The van der Waals surface area contributed by atoms with Crippen LogP contribution in [0.3, 0.4) is 0 Å². The molecule has 0 fully saturated rings. The lowest BCUT2D eigenvalue weighted by atomic mass is 10.0. The average Bonchev–Trinajstić information content (AvgIpc) is 2.70. The van der Waals surface area contributed by atoms with Crippen molar-refractivity contribution in [2.24, 2.45) is 0 Å². The first-order valence-corrected chi connectivity index (χ1v) is 12.5. The van der Waals surface area contributed by atoms with E-state index in [1.807, 2.05) is 39.0 Å². The van der Waals surface area contributed by atoms with Crippen molar-refractivity contribution in [2.75, 3.05) is 24.2 Å². The van der Waals surface area contributed by atoms with Crippen LogP contribution >= 0.6 is 11.6 Å². The number of benzene rings is 2. The number of hydrogen-bond donors (Lipinski definition) is 1. The van der Waals surface area contributed by atoms with Gasteiger partial charge in [-0.3, -0.25) is 9.10 Å². The summed E-state index contributed by atoms with van der Waals surface area (Å²) >= 11 is 6.06. The molecule has 2 aromatic rings. The molecule has 0 aliphatic heterocycles. The van der Waals surface area contributed by atoms with Crippen molar-refractivity contribution in [3.8, 4) is 5.75 Å². The van der Waals surface area contributed by atoms with Crippen LogP contribution in [0.2, 0.25) is 5.02 Å². The van der Waals surface area contributed by atoms with Crippen molar-refractivity contribution in [3.05, 3.63) is 58.1 Å². The minimum Gasteiger partial charge on any atom is -0.496 e. The molecule has 0 radical (unpaired) electrons. The number of anilines is 1. The number of aryl methyl sites for hydroxylation is 2. The maximum absolute atomic E-state index is 12.6. The highest BCUT2D eigenvalue weighted by Gasteiger charge is 2.20. The van der Waals surface area contributed by atoms with E-state index in [9.17, 15) is 13.2 Å². The van der Waals surface area contributed by atoms with Gasteiger partial charge in [-0.1, -0.05) is 36.7 Å². The second kappa shape index (κ2) is 10.9. The molecule has 1 N–H and O–H groups in total. The molecule has 6 nitrogen and oxygen atoms in total. The van der Waals surface area contributed by atoms with Gasteiger partial charge in [0, 0.05) is 18.0 Å². The zero-order chi connectivity index (χ0) is 23.2. The van der Waals surface area contributed by atoms with E-state index in [-0.39, 0.29) is 24.9 Å². The van der Waals surface area contributed by atoms with E-state index in [0.29, 0.717) is 17.1 Å². The van der Waals surface area contributed by atoms with Crippen LogP contribution in [0.4, 0.5) is 5.69 Å². The number of sulfonamides is 1. The molecule has 0 unspecified atom stereocenters. The first-order chi connectivity index (χ1) is 14.6. The number of amides is 1. The predicted octanol–water partition coefficient (Wildman–Crippen LogP) is 4.78. The van der Waals surface area contributed by atoms with Crippen LogP contribution in [0.1, 0.15) is 48.9 Å².